The molecule has 0 radical (unpaired) electrons. The second-order valence-electron chi connectivity index (χ2n) is 5.24. The summed E-state index contributed by atoms with van der Waals surface area (Å²) in [6.45, 7) is 5.10. The Labute approximate surface area is 122 Å². The Hall–Kier alpha value is -0.260. The number of hydrogen-bond donors (Lipinski definition) is 2. The number of nitrogens with zero attached hydrogens (tertiary/aromatic N) is 1. The highest BCUT2D eigenvalue weighted by atomic mass is 32.2. The number of nitrogens with two attached hydrogens (primary N) is 1. The van der Waals surface area contributed by atoms with Crippen molar-refractivity contribution in [1.29, 1.82) is 0 Å². The molecule has 3 N–H and O–H groups in total. The van der Waals surface area contributed by atoms with Gasteiger partial charge in [-0.1, -0.05) is 26.7 Å². The van der Waals surface area contributed by atoms with Crippen molar-refractivity contribution in [2.75, 3.05) is 32.6 Å². The first-order valence-electron chi connectivity index (χ1n) is 7.16. The lowest BCUT2D eigenvalue weighted by Gasteiger charge is -2.31. The third-order valence-electron chi connectivity index (χ3n) is 3.71. The van der Waals surface area contributed by atoms with Gasteiger partial charge in [-0.15, -0.1) is 0 Å². The summed E-state index contributed by atoms with van der Waals surface area (Å²) < 4.78 is 0. The first kappa shape index (κ1) is 18.7. The summed E-state index contributed by atoms with van der Waals surface area (Å²) in [6, 6.07) is 0.00339. The molecular weight excluding hydrogens is 258 g/mol. The van der Waals surface area contributed by atoms with Crippen molar-refractivity contribution in [3.63, 3.8) is 0 Å². The van der Waals surface area contributed by atoms with Gasteiger partial charge in [0.1, 0.15) is 0 Å². The van der Waals surface area contributed by atoms with Gasteiger partial charge in [0.05, 0.1) is 6.04 Å². The van der Waals surface area contributed by atoms with Crippen molar-refractivity contribution in [3.05, 3.63) is 0 Å². The smallest absolute Gasteiger partial charge is 0.237 e. The highest BCUT2D eigenvalue weighted by Crippen LogP contribution is 2.16. The molecule has 0 aliphatic heterocycles. The topological polar surface area (TPSA) is 58.4 Å². The second kappa shape index (κ2) is 10.5. The van der Waals surface area contributed by atoms with Gasteiger partial charge in [0.25, 0.3) is 0 Å². The van der Waals surface area contributed by atoms with E-state index in [4.69, 9.17) is 5.73 Å². The molecule has 1 unspecified atom stereocenters. The van der Waals surface area contributed by atoms with Crippen molar-refractivity contribution >= 4 is 17.7 Å². The zero-order valence-electron chi connectivity index (χ0n) is 13.1. The van der Waals surface area contributed by atoms with Crippen LogP contribution in [0.2, 0.25) is 0 Å². The van der Waals surface area contributed by atoms with Gasteiger partial charge in [-0.3, -0.25) is 4.79 Å². The molecule has 0 aromatic rings. The Morgan fingerprint density at radius 2 is 1.89 bits per heavy atom. The van der Waals surface area contributed by atoms with E-state index in [1.165, 1.54) is 0 Å². The molecule has 0 aromatic carbocycles. The molecule has 0 aliphatic carbocycles. The predicted octanol–water partition coefficient (Wildman–Crippen LogP) is 1.55. The van der Waals surface area contributed by atoms with E-state index in [9.17, 15) is 4.79 Å². The lowest BCUT2D eigenvalue weighted by atomic mass is 9.93. The number of likely N-dealkylation sites (N-methyl/N-ethyl adjacent to an activating group) is 1. The van der Waals surface area contributed by atoms with Gasteiger partial charge in [0, 0.05) is 12.6 Å². The molecule has 0 aliphatic rings. The molecule has 2 atom stereocenters. The maximum atomic E-state index is 11.9. The Morgan fingerprint density at radius 3 is 2.32 bits per heavy atom. The van der Waals surface area contributed by atoms with E-state index in [-0.39, 0.29) is 11.9 Å². The summed E-state index contributed by atoms with van der Waals surface area (Å²) in [7, 11) is 4.14. The van der Waals surface area contributed by atoms with Crippen LogP contribution in [0.4, 0.5) is 0 Å². The van der Waals surface area contributed by atoms with Gasteiger partial charge in [0.15, 0.2) is 0 Å². The Bertz CT molecular complexity index is 245. The van der Waals surface area contributed by atoms with Crippen LogP contribution in [-0.4, -0.2) is 55.5 Å². The van der Waals surface area contributed by atoms with Gasteiger partial charge in [-0.25, -0.2) is 0 Å². The molecule has 0 heterocycles. The van der Waals surface area contributed by atoms with E-state index in [0.717, 1.165) is 25.0 Å². The minimum atomic E-state index is -0.378. The number of nitrogens with one attached hydrogen (secondary N) is 1. The zero-order valence-corrected chi connectivity index (χ0v) is 13.9. The van der Waals surface area contributed by atoms with Crippen molar-refractivity contribution in [2.24, 2.45) is 11.7 Å². The summed E-state index contributed by atoms with van der Waals surface area (Å²) in [5.41, 5.74) is 5.87. The van der Waals surface area contributed by atoms with E-state index in [2.05, 4.69) is 38.2 Å². The van der Waals surface area contributed by atoms with E-state index in [1.807, 2.05) is 6.26 Å². The molecule has 114 valence electrons. The molecule has 5 heteroatoms. The first-order valence-corrected chi connectivity index (χ1v) is 8.55. The quantitative estimate of drug-likeness (QED) is 0.641. The van der Waals surface area contributed by atoms with Crippen molar-refractivity contribution in [1.82, 2.24) is 10.2 Å². The molecule has 0 fully saturated rings. The number of hydrogen-bond acceptors (Lipinski definition) is 4. The molecule has 1 amide bonds. The summed E-state index contributed by atoms with van der Waals surface area (Å²) >= 11 is 1.72. The summed E-state index contributed by atoms with van der Waals surface area (Å²) in [6.07, 6.45) is 5.03. The van der Waals surface area contributed by atoms with E-state index in [0.29, 0.717) is 18.5 Å². The van der Waals surface area contributed by atoms with E-state index in [1.54, 1.807) is 11.8 Å². The SMILES string of the molecule is CCC(CC)C(CNC(=O)[C@@H](N)CCSC)N(C)C. The molecule has 0 spiro atoms. The minimum Gasteiger partial charge on any atom is -0.353 e. The second-order valence-corrected chi connectivity index (χ2v) is 6.23. The average molecular weight is 289 g/mol. The van der Waals surface area contributed by atoms with Crippen LogP contribution in [0.5, 0.6) is 0 Å². The summed E-state index contributed by atoms with van der Waals surface area (Å²) in [5, 5.41) is 3.01. The lowest BCUT2D eigenvalue weighted by Crippen LogP contribution is -2.49. The number of amides is 1. The van der Waals surface area contributed by atoms with Crippen LogP contribution < -0.4 is 11.1 Å². The maximum absolute atomic E-state index is 11.9. The minimum absolute atomic E-state index is 0.0214. The van der Waals surface area contributed by atoms with Crippen molar-refractivity contribution in [2.45, 2.75) is 45.2 Å². The molecule has 4 nitrogen and oxygen atoms in total. The fraction of sp³-hybridized carbons (Fsp3) is 0.929. The normalized spacial score (nSPS) is 14.7. The van der Waals surface area contributed by atoms with E-state index >= 15 is 0 Å². The van der Waals surface area contributed by atoms with E-state index < -0.39 is 0 Å². The zero-order chi connectivity index (χ0) is 14.8. The molecular formula is C14H31N3OS. The number of carbonyl (C=O) groups excluding carboxylic acids is 1. The standard InChI is InChI=1S/C14H31N3OS/c1-6-11(7-2)13(17(3)4)10-16-14(18)12(15)8-9-19-5/h11-13H,6-10,15H2,1-5H3,(H,16,18)/t12-,13?/m0/s1. The first-order chi connectivity index (χ1) is 8.97. The van der Waals surface area contributed by atoms with Crippen LogP contribution in [0.1, 0.15) is 33.1 Å². The molecule has 0 saturated carbocycles. The van der Waals surface area contributed by atoms with Crippen LogP contribution in [-0.2, 0) is 4.79 Å². The Kier molecular flexibility index (Phi) is 10.4. The number of thioether (sulfide) groups is 1. The summed E-state index contributed by atoms with van der Waals surface area (Å²) in [4.78, 5) is 14.1. The van der Waals surface area contributed by atoms with Crippen molar-refractivity contribution < 1.29 is 4.79 Å². The highest BCUT2D eigenvalue weighted by molar-refractivity contribution is 7.98. The van der Waals surface area contributed by atoms with Crippen LogP contribution in [0.25, 0.3) is 0 Å². The van der Waals surface area contributed by atoms with Gasteiger partial charge < -0.3 is 16.0 Å². The third-order valence-corrected chi connectivity index (χ3v) is 4.36. The molecule has 0 saturated heterocycles. The molecule has 0 bridgehead atoms. The van der Waals surface area contributed by atoms with Crippen LogP contribution in [0.3, 0.4) is 0 Å². The van der Waals surface area contributed by atoms with Crippen LogP contribution in [0, 0.1) is 5.92 Å². The lowest BCUT2D eigenvalue weighted by molar-refractivity contribution is -0.122. The van der Waals surface area contributed by atoms with Gasteiger partial charge >= 0.3 is 0 Å². The van der Waals surface area contributed by atoms with Gasteiger partial charge in [-0.05, 0) is 38.4 Å². The van der Waals surface area contributed by atoms with Crippen LogP contribution in [0.15, 0.2) is 0 Å². The number of carbonyl (C=O) groups is 1. The van der Waals surface area contributed by atoms with Crippen LogP contribution >= 0.6 is 11.8 Å². The monoisotopic (exact) mass is 289 g/mol. The predicted molar refractivity (Wildman–Crippen MR) is 85.5 cm³/mol. The Morgan fingerprint density at radius 1 is 1.32 bits per heavy atom. The highest BCUT2D eigenvalue weighted by Gasteiger charge is 2.22. The number of rotatable bonds is 10. The fourth-order valence-electron chi connectivity index (χ4n) is 2.32. The van der Waals surface area contributed by atoms with Gasteiger partial charge in [0.2, 0.25) is 5.91 Å². The summed E-state index contributed by atoms with van der Waals surface area (Å²) in [5.74, 6) is 1.52. The maximum Gasteiger partial charge on any atom is 0.237 e. The van der Waals surface area contributed by atoms with Gasteiger partial charge in [-0.2, -0.15) is 11.8 Å². The van der Waals surface area contributed by atoms with Crippen molar-refractivity contribution in [3.8, 4) is 0 Å². The Balaban J connectivity index is 4.27. The molecule has 0 rings (SSSR count). The average Bonchev–Trinajstić information content (AvgIpc) is 2.39. The third kappa shape index (κ3) is 7.18. The molecule has 0 aromatic heterocycles. The molecule has 19 heavy (non-hydrogen) atoms. The largest absolute Gasteiger partial charge is 0.353 e. The fourth-order valence-corrected chi connectivity index (χ4v) is 2.81.